The molecule has 0 heterocycles. The average Bonchev–Trinajstić information content (AvgIpc) is 2.82. The molecule has 3 N–H and O–H groups in total. The van der Waals surface area contributed by atoms with Crippen LogP contribution in [0.3, 0.4) is 0 Å². The number of halogens is 2. The van der Waals surface area contributed by atoms with Crippen molar-refractivity contribution in [2.45, 2.75) is 19.4 Å². The first-order chi connectivity index (χ1) is 16.4. The van der Waals surface area contributed by atoms with Crippen molar-refractivity contribution in [2.24, 2.45) is 5.73 Å². The molecule has 6 nitrogen and oxygen atoms in total. The maximum absolute atomic E-state index is 13.6. The predicted molar refractivity (Wildman–Crippen MR) is 127 cm³/mol. The quantitative estimate of drug-likeness (QED) is 0.469. The van der Waals surface area contributed by atoms with Gasteiger partial charge in [-0.3, -0.25) is 9.59 Å². The summed E-state index contributed by atoms with van der Waals surface area (Å²) in [6.45, 7) is 0.950. The molecular formula is C26H27F2N3O3. The molecule has 8 heteroatoms. The fourth-order valence-corrected chi connectivity index (χ4v) is 3.44. The van der Waals surface area contributed by atoms with Gasteiger partial charge in [0.2, 0.25) is 5.91 Å². The van der Waals surface area contributed by atoms with Crippen molar-refractivity contribution < 1.29 is 23.1 Å². The van der Waals surface area contributed by atoms with Gasteiger partial charge in [0, 0.05) is 30.4 Å². The Hall–Kier alpha value is -3.78. The van der Waals surface area contributed by atoms with Crippen LogP contribution in [0.15, 0.2) is 66.7 Å². The van der Waals surface area contributed by atoms with Crippen LogP contribution < -0.4 is 15.8 Å². The lowest BCUT2D eigenvalue weighted by atomic mass is 10.1. The number of ether oxygens (including phenoxy) is 1. The van der Waals surface area contributed by atoms with Gasteiger partial charge in [0.25, 0.3) is 5.91 Å². The Morgan fingerprint density at radius 3 is 2.15 bits per heavy atom. The number of methoxy groups -OCH3 is 1. The number of nitrogens with zero attached hydrogens (tertiary/aromatic N) is 1. The number of nitrogens with two attached hydrogens (primary N) is 1. The lowest BCUT2D eigenvalue weighted by molar-refractivity contribution is -0.115. The van der Waals surface area contributed by atoms with Crippen molar-refractivity contribution in [2.75, 3.05) is 25.5 Å². The van der Waals surface area contributed by atoms with Crippen LogP contribution in [0.25, 0.3) is 0 Å². The smallest absolute Gasteiger partial charge is 0.254 e. The van der Waals surface area contributed by atoms with Crippen LogP contribution in [0.1, 0.15) is 27.9 Å². The summed E-state index contributed by atoms with van der Waals surface area (Å²) in [6, 6.07) is 17.1. The molecule has 3 aromatic rings. The predicted octanol–water partition coefficient (Wildman–Crippen LogP) is 4.15. The van der Waals surface area contributed by atoms with Gasteiger partial charge in [0.15, 0.2) is 0 Å². The SMILES string of the molecule is COc1ccc(CC(=O)Nc2ccc(CN(CCCN)C(=O)c3cc(F)cc(F)c3)cc2)cc1. The number of nitrogens with one attached hydrogen (secondary N) is 1. The number of carbonyl (C=O) groups excluding carboxylic acids is 2. The average molecular weight is 468 g/mol. The minimum atomic E-state index is -0.808. The standard InChI is InChI=1S/C26H27F2N3O3/c1-34-24-9-5-18(6-10-24)13-25(32)30-23-7-3-19(4-8-23)17-31(12-2-11-29)26(33)20-14-21(27)16-22(28)15-20/h3-10,14-16H,2,11-13,17,29H2,1H3,(H,30,32). The van der Waals surface area contributed by atoms with E-state index >= 15 is 0 Å². The van der Waals surface area contributed by atoms with Crippen molar-refractivity contribution in [1.29, 1.82) is 0 Å². The van der Waals surface area contributed by atoms with Crippen molar-refractivity contribution in [3.05, 3.63) is 95.1 Å². The van der Waals surface area contributed by atoms with Gasteiger partial charge in [0.1, 0.15) is 17.4 Å². The topological polar surface area (TPSA) is 84.7 Å². The maximum Gasteiger partial charge on any atom is 0.254 e. The van der Waals surface area contributed by atoms with Gasteiger partial charge < -0.3 is 20.7 Å². The van der Waals surface area contributed by atoms with Gasteiger partial charge in [-0.2, -0.15) is 0 Å². The number of hydrogen-bond donors (Lipinski definition) is 2. The van der Waals surface area contributed by atoms with Crippen LogP contribution in [0.5, 0.6) is 5.75 Å². The molecule has 0 aliphatic rings. The first kappa shape index (κ1) is 24.9. The second kappa shape index (κ2) is 11.9. The van der Waals surface area contributed by atoms with Crippen molar-refractivity contribution in [3.63, 3.8) is 0 Å². The van der Waals surface area contributed by atoms with Gasteiger partial charge in [-0.05, 0) is 60.5 Å². The Morgan fingerprint density at radius 1 is 0.941 bits per heavy atom. The highest BCUT2D eigenvalue weighted by Gasteiger charge is 2.18. The summed E-state index contributed by atoms with van der Waals surface area (Å²) in [6.07, 6.45) is 0.764. The summed E-state index contributed by atoms with van der Waals surface area (Å²) in [5.41, 5.74) is 7.81. The molecule has 0 aliphatic carbocycles. The van der Waals surface area contributed by atoms with Gasteiger partial charge in [0.05, 0.1) is 13.5 Å². The van der Waals surface area contributed by atoms with Crippen LogP contribution in [0, 0.1) is 11.6 Å². The molecule has 0 atom stereocenters. The first-order valence-electron chi connectivity index (χ1n) is 10.8. The molecule has 3 aromatic carbocycles. The van der Waals surface area contributed by atoms with Crippen LogP contribution in [0.2, 0.25) is 0 Å². The van der Waals surface area contributed by atoms with E-state index < -0.39 is 17.5 Å². The number of rotatable bonds is 10. The van der Waals surface area contributed by atoms with Crippen molar-refractivity contribution in [3.8, 4) is 5.75 Å². The maximum atomic E-state index is 13.6. The van der Waals surface area contributed by atoms with Crippen LogP contribution in [-0.2, 0) is 17.8 Å². The second-order valence-corrected chi connectivity index (χ2v) is 7.80. The van der Waals surface area contributed by atoms with Gasteiger partial charge in [-0.15, -0.1) is 0 Å². The zero-order valence-corrected chi connectivity index (χ0v) is 18.9. The highest BCUT2D eigenvalue weighted by Crippen LogP contribution is 2.17. The van der Waals surface area contributed by atoms with E-state index in [9.17, 15) is 18.4 Å². The zero-order valence-electron chi connectivity index (χ0n) is 18.9. The molecule has 0 unspecified atom stereocenters. The Balaban J connectivity index is 1.63. The molecular weight excluding hydrogens is 440 g/mol. The monoisotopic (exact) mass is 467 g/mol. The number of anilines is 1. The molecule has 178 valence electrons. The number of amides is 2. The third-order valence-electron chi connectivity index (χ3n) is 5.16. The molecule has 0 saturated carbocycles. The highest BCUT2D eigenvalue weighted by atomic mass is 19.1. The lowest BCUT2D eigenvalue weighted by Gasteiger charge is -2.23. The van der Waals surface area contributed by atoms with Gasteiger partial charge >= 0.3 is 0 Å². The third-order valence-corrected chi connectivity index (χ3v) is 5.16. The fraction of sp³-hybridized carbons (Fsp3) is 0.231. The normalized spacial score (nSPS) is 10.6. The largest absolute Gasteiger partial charge is 0.497 e. The van der Waals surface area contributed by atoms with E-state index in [2.05, 4.69) is 5.32 Å². The van der Waals surface area contributed by atoms with Gasteiger partial charge in [-0.25, -0.2) is 8.78 Å². The molecule has 0 spiro atoms. The van der Waals surface area contributed by atoms with Gasteiger partial charge in [-0.1, -0.05) is 24.3 Å². The summed E-state index contributed by atoms with van der Waals surface area (Å²) in [5, 5.41) is 2.84. The Morgan fingerprint density at radius 2 is 1.56 bits per heavy atom. The fourth-order valence-electron chi connectivity index (χ4n) is 3.44. The molecule has 0 aliphatic heterocycles. The van der Waals surface area contributed by atoms with Crippen molar-refractivity contribution in [1.82, 2.24) is 4.90 Å². The molecule has 0 aromatic heterocycles. The second-order valence-electron chi connectivity index (χ2n) is 7.80. The molecule has 0 fully saturated rings. The minimum Gasteiger partial charge on any atom is -0.497 e. The minimum absolute atomic E-state index is 0.0584. The summed E-state index contributed by atoms with van der Waals surface area (Å²) in [5.74, 6) is -1.54. The van der Waals surface area contributed by atoms with E-state index in [4.69, 9.17) is 10.5 Å². The van der Waals surface area contributed by atoms with Crippen LogP contribution >= 0.6 is 0 Å². The van der Waals surface area contributed by atoms with E-state index in [1.807, 2.05) is 12.1 Å². The third kappa shape index (κ3) is 7.11. The number of carbonyl (C=O) groups is 2. The lowest BCUT2D eigenvalue weighted by Crippen LogP contribution is -2.32. The molecule has 0 bridgehead atoms. The molecule has 2 amide bonds. The Labute approximate surface area is 197 Å². The number of hydrogen-bond acceptors (Lipinski definition) is 4. The summed E-state index contributed by atoms with van der Waals surface area (Å²) in [7, 11) is 1.58. The van der Waals surface area contributed by atoms with E-state index in [1.54, 1.807) is 43.5 Å². The van der Waals surface area contributed by atoms with E-state index in [1.165, 1.54) is 4.90 Å². The zero-order chi connectivity index (χ0) is 24.5. The van der Waals surface area contributed by atoms with E-state index in [0.29, 0.717) is 25.2 Å². The summed E-state index contributed by atoms with van der Waals surface area (Å²) < 4.78 is 32.3. The molecule has 34 heavy (non-hydrogen) atoms. The van der Waals surface area contributed by atoms with Crippen LogP contribution in [-0.4, -0.2) is 36.9 Å². The molecule has 0 saturated heterocycles. The van der Waals surface area contributed by atoms with E-state index in [0.717, 1.165) is 35.1 Å². The van der Waals surface area contributed by atoms with Crippen molar-refractivity contribution >= 4 is 17.5 Å². The van der Waals surface area contributed by atoms with Crippen LogP contribution in [0.4, 0.5) is 14.5 Å². The molecule has 3 rings (SSSR count). The Kier molecular flexibility index (Phi) is 8.70. The highest BCUT2D eigenvalue weighted by molar-refractivity contribution is 5.94. The Bertz CT molecular complexity index is 1100. The number of benzene rings is 3. The first-order valence-corrected chi connectivity index (χ1v) is 10.8. The summed E-state index contributed by atoms with van der Waals surface area (Å²) >= 11 is 0. The van der Waals surface area contributed by atoms with E-state index in [-0.39, 0.29) is 24.4 Å². The summed E-state index contributed by atoms with van der Waals surface area (Å²) in [4.78, 5) is 26.7. The molecule has 0 radical (unpaired) electrons.